The van der Waals surface area contributed by atoms with Crippen LogP contribution in [0.5, 0.6) is 0 Å². The van der Waals surface area contributed by atoms with E-state index in [9.17, 15) is 26.8 Å². The molecule has 6 nitrogen and oxygen atoms in total. The van der Waals surface area contributed by atoms with Gasteiger partial charge < -0.3 is 10.1 Å². The molecule has 0 radical (unpaired) electrons. The van der Waals surface area contributed by atoms with E-state index in [0.29, 0.717) is 5.56 Å². The molecule has 0 aliphatic heterocycles. The SMILES string of the molecule is COC(=O)c1c(F)cccc1-c1ccc(CNC(=O)Cc2ccc(S(=O)(=O)Cl)cc2)c(F)c1. The van der Waals surface area contributed by atoms with Crippen LogP contribution in [0, 0.1) is 11.6 Å². The Balaban J connectivity index is 1.70. The Kier molecular flexibility index (Phi) is 7.45. The third kappa shape index (κ3) is 5.94. The van der Waals surface area contributed by atoms with E-state index < -0.39 is 32.6 Å². The summed E-state index contributed by atoms with van der Waals surface area (Å²) in [5.41, 5.74) is 0.893. The normalized spacial score (nSPS) is 11.2. The van der Waals surface area contributed by atoms with E-state index in [2.05, 4.69) is 10.1 Å². The van der Waals surface area contributed by atoms with Crippen molar-refractivity contribution in [1.82, 2.24) is 5.32 Å². The predicted molar refractivity (Wildman–Crippen MR) is 118 cm³/mol. The zero-order chi connectivity index (χ0) is 24.2. The van der Waals surface area contributed by atoms with Gasteiger partial charge in [0, 0.05) is 22.8 Å². The third-order valence-corrected chi connectivity index (χ3v) is 6.18. The first-order valence-electron chi connectivity index (χ1n) is 9.56. The maximum Gasteiger partial charge on any atom is 0.341 e. The fraction of sp³-hybridized carbons (Fsp3) is 0.130. The Morgan fingerprint density at radius 2 is 1.70 bits per heavy atom. The van der Waals surface area contributed by atoms with Gasteiger partial charge in [-0.2, -0.15) is 0 Å². The molecule has 1 amide bonds. The number of hydrogen-bond donors (Lipinski definition) is 1. The molecule has 0 unspecified atom stereocenters. The van der Waals surface area contributed by atoms with E-state index >= 15 is 0 Å². The second-order valence-electron chi connectivity index (χ2n) is 7.00. The summed E-state index contributed by atoms with van der Waals surface area (Å²) in [6.45, 7) is -0.105. The van der Waals surface area contributed by atoms with Crippen LogP contribution in [0.3, 0.4) is 0 Å². The minimum absolute atomic E-state index is 0.0475. The molecule has 0 saturated carbocycles. The highest BCUT2D eigenvalue weighted by Crippen LogP contribution is 2.28. The molecule has 10 heteroatoms. The van der Waals surface area contributed by atoms with Crippen LogP contribution in [0.15, 0.2) is 65.6 Å². The molecule has 0 atom stereocenters. The molecule has 0 bridgehead atoms. The lowest BCUT2D eigenvalue weighted by Crippen LogP contribution is -2.25. The van der Waals surface area contributed by atoms with Crippen LogP contribution in [-0.2, 0) is 31.5 Å². The van der Waals surface area contributed by atoms with Crippen LogP contribution in [0.2, 0.25) is 0 Å². The van der Waals surface area contributed by atoms with Crippen LogP contribution in [-0.4, -0.2) is 27.4 Å². The summed E-state index contributed by atoms with van der Waals surface area (Å²) in [5, 5.41) is 2.58. The van der Waals surface area contributed by atoms with Crippen molar-refractivity contribution in [3.8, 4) is 11.1 Å². The molecule has 0 heterocycles. The first kappa shape index (κ1) is 24.3. The average molecular weight is 494 g/mol. The second kappa shape index (κ2) is 10.1. The van der Waals surface area contributed by atoms with E-state index in [-0.39, 0.29) is 40.1 Å². The zero-order valence-electron chi connectivity index (χ0n) is 17.3. The van der Waals surface area contributed by atoms with Gasteiger partial charge in [0.05, 0.1) is 18.4 Å². The predicted octanol–water partition coefficient (Wildman–Crippen LogP) is 4.20. The Morgan fingerprint density at radius 1 is 1.00 bits per heavy atom. The number of esters is 1. The lowest BCUT2D eigenvalue weighted by atomic mass is 9.98. The second-order valence-corrected chi connectivity index (χ2v) is 9.56. The van der Waals surface area contributed by atoms with Gasteiger partial charge in [0.2, 0.25) is 5.91 Å². The zero-order valence-corrected chi connectivity index (χ0v) is 18.8. The molecular weight excluding hydrogens is 476 g/mol. The van der Waals surface area contributed by atoms with Gasteiger partial charge in [-0.25, -0.2) is 22.0 Å². The van der Waals surface area contributed by atoms with Gasteiger partial charge in [0.1, 0.15) is 17.2 Å². The fourth-order valence-corrected chi connectivity index (χ4v) is 3.91. The molecule has 0 aromatic heterocycles. The molecule has 3 aromatic carbocycles. The van der Waals surface area contributed by atoms with Gasteiger partial charge in [-0.15, -0.1) is 0 Å². The van der Waals surface area contributed by atoms with Crippen molar-refractivity contribution in [2.45, 2.75) is 17.9 Å². The Labute approximate surface area is 193 Å². The van der Waals surface area contributed by atoms with Gasteiger partial charge in [-0.3, -0.25) is 4.79 Å². The molecule has 1 N–H and O–H groups in total. The number of amides is 1. The molecule has 3 aromatic rings. The molecule has 0 saturated heterocycles. The topological polar surface area (TPSA) is 89.5 Å². The van der Waals surface area contributed by atoms with Gasteiger partial charge in [0.15, 0.2) is 0 Å². The van der Waals surface area contributed by atoms with Crippen molar-refractivity contribution in [2.24, 2.45) is 0 Å². The Hall–Kier alpha value is -3.30. The largest absolute Gasteiger partial charge is 0.465 e. The van der Waals surface area contributed by atoms with E-state index in [1.807, 2.05) is 0 Å². The first-order chi connectivity index (χ1) is 15.6. The smallest absolute Gasteiger partial charge is 0.341 e. The van der Waals surface area contributed by atoms with Crippen LogP contribution < -0.4 is 5.32 Å². The minimum atomic E-state index is -3.85. The number of rotatable bonds is 7. The van der Waals surface area contributed by atoms with Gasteiger partial charge in [0.25, 0.3) is 9.05 Å². The third-order valence-electron chi connectivity index (χ3n) is 4.81. The van der Waals surface area contributed by atoms with Crippen LogP contribution in [0.4, 0.5) is 8.78 Å². The quantitative estimate of drug-likeness (QED) is 0.393. The maximum absolute atomic E-state index is 14.7. The minimum Gasteiger partial charge on any atom is -0.465 e. The summed E-state index contributed by atoms with van der Waals surface area (Å²) in [4.78, 5) is 24.0. The number of ether oxygens (including phenoxy) is 1. The highest BCUT2D eigenvalue weighted by atomic mass is 35.7. The standard InChI is InChI=1S/C23H18ClF2NO5S/c1-32-23(29)22-18(3-2-4-19(22)25)15-7-8-16(20(26)12-15)13-27-21(28)11-14-5-9-17(10-6-14)33(24,30)31/h2-10,12H,11,13H2,1H3,(H,27,28). The first-order valence-corrected chi connectivity index (χ1v) is 11.9. The Bertz CT molecular complexity index is 1310. The number of carbonyl (C=O) groups is 2. The maximum atomic E-state index is 14.7. The highest BCUT2D eigenvalue weighted by molar-refractivity contribution is 8.13. The van der Waals surface area contributed by atoms with E-state index in [4.69, 9.17) is 10.7 Å². The summed E-state index contributed by atoms with van der Waals surface area (Å²) in [6, 6.07) is 13.6. The van der Waals surface area contributed by atoms with Crippen LogP contribution >= 0.6 is 10.7 Å². The van der Waals surface area contributed by atoms with E-state index in [0.717, 1.165) is 19.2 Å². The number of carbonyl (C=O) groups excluding carboxylic acids is 2. The van der Waals surface area contributed by atoms with Crippen LogP contribution in [0.25, 0.3) is 11.1 Å². The molecule has 0 fully saturated rings. The van der Waals surface area contributed by atoms with E-state index in [1.165, 1.54) is 48.5 Å². The summed E-state index contributed by atoms with van der Waals surface area (Å²) >= 11 is 0. The molecular formula is C23H18ClF2NO5S. The summed E-state index contributed by atoms with van der Waals surface area (Å²) in [6.07, 6.45) is -0.0475. The van der Waals surface area contributed by atoms with E-state index in [1.54, 1.807) is 0 Å². The number of methoxy groups -OCH3 is 1. The number of benzene rings is 3. The summed E-state index contributed by atoms with van der Waals surface area (Å²) < 4.78 is 55.9. The molecule has 0 aliphatic rings. The summed E-state index contributed by atoms with van der Waals surface area (Å²) in [5.74, 6) is -2.72. The lowest BCUT2D eigenvalue weighted by molar-refractivity contribution is -0.120. The number of nitrogens with one attached hydrogen (secondary N) is 1. The molecule has 172 valence electrons. The number of hydrogen-bond acceptors (Lipinski definition) is 5. The van der Waals surface area contributed by atoms with Crippen molar-refractivity contribution < 1.29 is 31.5 Å². The molecule has 3 rings (SSSR count). The fourth-order valence-electron chi connectivity index (χ4n) is 3.14. The van der Waals surface area contributed by atoms with Gasteiger partial charge in [-0.05, 0) is 41.0 Å². The van der Waals surface area contributed by atoms with Crippen molar-refractivity contribution >= 4 is 31.6 Å². The van der Waals surface area contributed by atoms with Crippen molar-refractivity contribution in [3.05, 3.63) is 89.0 Å². The Morgan fingerprint density at radius 3 is 2.30 bits per heavy atom. The van der Waals surface area contributed by atoms with Gasteiger partial charge in [-0.1, -0.05) is 36.4 Å². The lowest BCUT2D eigenvalue weighted by Gasteiger charge is -2.11. The van der Waals surface area contributed by atoms with Crippen molar-refractivity contribution in [2.75, 3.05) is 7.11 Å². The summed E-state index contributed by atoms with van der Waals surface area (Å²) in [7, 11) is 2.53. The highest BCUT2D eigenvalue weighted by Gasteiger charge is 2.19. The molecule has 0 spiro atoms. The molecule has 33 heavy (non-hydrogen) atoms. The van der Waals surface area contributed by atoms with Gasteiger partial charge >= 0.3 is 5.97 Å². The molecule has 0 aliphatic carbocycles. The monoisotopic (exact) mass is 493 g/mol. The van der Waals surface area contributed by atoms with Crippen molar-refractivity contribution in [1.29, 1.82) is 0 Å². The van der Waals surface area contributed by atoms with Crippen molar-refractivity contribution in [3.63, 3.8) is 0 Å². The number of halogens is 3. The van der Waals surface area contributed by atoms with Crippen LogP contribution in [0.1, 0.15) is 21.5 Å². The average Bonchev–Trinajstić information content (AvgIpc) is 2.77.